The minimum absolute atomic E-state index is 0.0826. The van der Waals surface area contributed by atoms with Crippen molar-refractivity contribution in [3.8, 4) is 0 Å². The number of amides is 1. The molecule has 3 rings (SSSR count). The fraction of sp³-hybridized carbons (Fsp3) is 0.500. The number of H-pyrrole nitrogens is 1. The van der Waals surface area contributed by atoms with Crippen molar-refractivity contribution in [1.29, 1.82) is 0 Å². The number of benzene rings is 1. The second kappa shape index (κ2) is 6.37. The van der Waals surface area contributed by atoms with E-state index in [2.05, 4.69) is 11.1 Å². The SMILES string of the molecule is Cc1cc(C)c2[nH]c(C)c(CC(=O)N3CCOC(C(F)(F)F)C3)c2c1. The number of rotatable bonds is 2. The summed E-state index contributed by atoms with van der Waals surface area (Å²) in [5.41, 5.74) is 4.86. The molecule has 1 N–H and O–H groups in total. The highest BCUT2D eigenvalue weighted by molar-refractivity contribution is 5.92. The summed E-state index contributed by atoms with van der Waals surface area (Å²) in [5, 5.41) is 0.962. The predicted molar refractivity (Wildman–Crippen MR) is 88.6 cm³/mol. The predicted octanol–water partition coefficient (Wildman–Crippen LogP) is 3.43. The normalized spacial score (nSPS) is 18.8. The Hall–Kier alpha value is -2.02. The molecular formula is C18H21F3N2O2. The lowest BCUT2D eigenvalue weighted by Crippen LogP contribution is -2.51. The van der Waals surface area contributed by atoms with E-state index >= 15 is 0 Å². The summed E-state index contributed by atoms with van der Waals surface area (Å²) in [7, 11) is 0. The summed E-state index contributed by atoms with van der Waals surface area (Å²) in [5.74, 6) is -0.305. The molecule has 1 aromatic heterocycles. The Morgan fingerprint density at radius 3 is 2.72 bits per heavy atom. The molecule has 0 radical (unpaired) electrons. The van der Waals surface area contributed by atoms with Gasteiger partial charge < -0.3 is 14.6 Å². The minimum Gasteiger partial charge on any atom is -0.365 e. The Morgan fingerprint density at radius 2 is 2.04 bits per heavy atom. The van der Waals surface area contributed by atoms with E-state index in [4.69, 9.17) is 4.74 Å². The first kappa shape index (κ1) is 17.8. The maximum Gasteiger partial charge on any atom is 0.416 e. The third-order valence-corrected chi connectivity index (χ3v) is 4.68. The van der Waals surface area contributed by atoms with Crippen molar-refractivity contribution in [1.82, 2.24) is 9.88 Å². The molecule has 0 spiro atoms. The summed E-state index contributed by atoms with van der Waals surface area (Å²) in [6.45, 7) is 5.51. The number of aromatic nitrogens is 1. The molecule has 1 aliphatic heterocycles. The molecule has 1 unspecified atom stereocenters. The van der Waals surface area contributed by atoms with Gasteiger partial charge in [-0.05, 0) is 38.0 Å². The Kier molecular flexibility index (Phi) is 4.53. The summed E-state index contributed by atoms with van der Waals surface area (Å²) >= 11 is 0. The van der Waals surface area contributed by atoms with Crippen molar-refractivity contribution in [2.75, 3.05) is 19.7 Å². The van der Waals surface area contributed by atoms with Gasteiger partial charge in [0.15, 0.2) is 6.10 Å². The van der Waals surface area contributed by atoms with Crippen LogP contribution in [0.3, 0.4) is 0 Å². The molecule has 136 valence electrons. The molecule has 25 heavy (non-hydrogen) atoms. The van der Waals surface area contributed by atoms with Gasteiger partial charge in [0, 0.05) is 23.1 Å². The first-order chi connectivity index (χ1) is 11.7. The summed E-state index contributed by atoms with van der Waals surface area (Å²) in [4.78, 5) is 17.1. The molecule has 1 fully saturated rings. The van der Waals surface area contributed by atoms with Gasteiger partial charge in [0.1, 0.15) is 0 Å². The topological polar surface area (TPSA) is 45.3 Å². The number of halogens is 3. The highest BCUT2D eigenvalue weighted by atomic mass is 19.4. The monoisotopic (exact) mass is 354 g/mol. The van der Waals surface area contributed by atoms with E-state index in [-0.39, 0.29) is 25.5 Å². The number of carbonyl (C=O) groups is 1. The van der Waals surface area contributed by atoms with Crippen molar-refractivity contribution < 1.29 is 22.7 Å². The first-order valence-corrected chi connectivity index (χ1v) is 8.21. The fourth-order valence-electron chi connectivity index (χ4n) is 3.40. The Balaban J connectivity index is 1.84. The number of ether oxygens (including phenoxy) is 1. The van der Waals surface area contributed by atoms with Crippen molar-refractivity contribution >= 4 is 16.8 Å². The van der Waals surface area contributed by atoms with Crippen LogP contribution in [0.15, 0.2) is 12.1 Å². The summed E-state index contributed by atoms with van der Waals surface area (Å²) in [6, 6.07) is 4.06. The highest BCUT2D eigenvalue weighted by Gasteiger charge is 2.44. The second-order valence-corrected chi connectivity index (χ2v) is 6.65. The molecule has 4 nitrogen and oxygen atoms in total. The number of aryl methyl sites for hydroxylation is 3. The Morgan fingerprint density at radius 1 is 1.32 bits per heavy atom. The average Bonchev–Trinajstić information content (AvgIpc) is 2.83. The average molecular weight is 354 g/mol. The number of nitrogens with one attached hydrogen (secondary N) is 1. The zero-order valence-corrected chi connectivity index (χ0v) is 14.5. The molecule has 0 aliphatic carbocycles. The van der Waals surface area contributed by atoms with Crippen LogP contribution in [0.25, 0.3) is 10.9 Å². The first-order valence-electron chi connectivity index (χ1n) is 8.21. The van der Waals surface area contributed by atoms with Gasteiger partial charge in [-0.25, -0.2) is 0 Å². The van der Waals surface area contributed by atoms with Crippen LogP contribution in [0.2, 0.25) is 0 Å². The van der Waals surface area contributed by atoms with Crippen LogP contribution in [0.4, 0.5) is 13.2 Å². The zero-order chi connectivity index (χ0) is 18.4. The van der Waals surface area contributed by atoms with Crippen LogP contribution in [-0.2, 0) is 16.0 Å². The van der Waals surface area contributed by atoms with E-state index in [1.807, 2.05) is 26.8 Å². The van der Waals surface area contributed by atoms with Gasteiger partial charge in [0.25, 0.3) is 0 Å². The number of fused-ring (bicyclic) bond motifs is 1. The molecule has 1 saturated heterocycles. The molecular weight excluding hydrogens is 333 g/mol. The van der Waals surface area contributed by atoms with Gasteiger partial charge in [-0.15, -0.1) is 0 Å². The largest absolute Gasteiger partial charge is 0.416 e. The third-order valence-electron chi connectivity index (χ3n) is 4.68. The van der Waals surface area contributed by atoms with E-state index in [0.717, 1.165) is 33.3 Å². The maximum atomic E-state index is 12.8. The number of hydrogen-bond acceptors (Lipinski definition) is 2. The Labute approximate surface area is 143 Å². The summed E-state index contributed by atoms with van der Waals surface area (Å²) in [6.07, 6.45) is -6.28. The molecule has 0 saturated carbocycles. The summed E-state index contributed by atoms with van der Waals surface area (Å²) < 4.78 is 43.3. The Bertz CT molecular complexity index is 811. The molecule has 1 atom stereocenters. The lowest BCUT2D eigenvalue weighted by atomic mass is 10.0. The number of nitrogens with zero attached hydrogens (tertiary/aromatic N) is 1. The van der Waals surface area contributed by atoms with Gasteiger partial charge in [0.2, 0.25) is 5.91 Å². The van der Waals surface area contributed by atoms with Crippen molar-refractivity contribution in [2.45, 2.75) is 39.5 Å². The number of aromatic amines is 1. The molecule has 2 aromatic rings. The molecule has 1 aromatic carbocycles. The maximum absolute atomic E-state index is 12.8. The van der Waals surface area contributed by atoms with E-state index in [1.165, 1.54) is 4.90 Å². The highest BCUT2D eigenvalue weighted by Crippen LogP contribution is 2.29. The quantitative estimate of drug-likeness (QED) is 0.898. The van der Waals surface area contributed by atoms with Crippen LogP contribution >= 0.6 is 0 Å². The standard InChI is InChI=1S/C18H21F3N2O2/c1-10-6-11(2)17-14(7-10)13(12(3)22-17)8-16(24)23-4-5-25-15(9-23)18(19,20)21/h6-7,15,22H,4-5,8-9H2,1-3H3. The zero-order valence-electron chi connectivity index (χ0n) is 14.5. The van der Waals surface area contributed by atoms with Crippen LogP contribution in [0.5, 0.6) is 0 Å². The number of hydrogen-bond donors (Lipinski definition) is 1. The fourth-order valence-corrected chi connectivity index (χ4v) is 3.40. The lowest BCUT2D eigenvalue weighted by Gasteiger charge is -2.33. The van der Waals surface area contributed by atoms with E-state index in [9.17, 15) is 18.0 Å². The second-order valence-electron chi connectivity index (χ2n) is 6.65. The van der Waals surface area contributed by atoms with Crippen molar-refractivity contribution in [3.63, 3.8) is 0 Å². The van der Waals surface area contributed by atoms with Crippen LogP contribution in [0, 0.1) is 20.8 Å². The van der Waals surface area contributed by atoms with E-state index in [1.54, 1.807) is 0 Å². The van der Waals surface area contributed by atoms with Crippen LogP contribution in [0.1, 0.15) is 22.4 Å². The molecule has 7 heteroatoms. The van der Waals surface area contributed by atoms with Gasteiger partial charge in [-0.3, -0.25) is 4.79 Å². The van der Waals surface area contributed by atoms with E-state index in [0.29, 0.717) is 0 Å². The van der Waals surface area contributed by atoms with Gasteiger partial charge in [-0.2, -0.15) is 13.2 Å². The van der Waals surface area contributed by atoms with Crippen molar-refractivity contribution in [3.05, 3.63) is 34.5 Å². The van der Waals surface area contributed by atoms with E-state index < -0.39 is 18.8 Å². The molecule has 0 bridgehead atoms. The van der Waals surface area contributed by atoms with Crippen LogP contribution in [-0.4, -0.2) is 47.8 Å². The number of morpholine rings is 1. The van der Waals surface area contributed by atoms with Gasteiger partial charge in [-0.1, -0.05) is 11.6 Å². The molecule has 1 aliphatic rings. The molecule has 2 heterocycles. The number of alkyl halides is 3. The number of carbonyl (C=O) groups excluding carboxylic acids is 1. The van der Waals surface area contributed by atoms with Crippen LogP contribution < -0.4 is 0 Å². The van der Waals surface area contributed by atoms with Crippen molar-refractivity contribution in [2.24, 2.45) is 0 Å². The van der Waals surface area contributed by atoms with Gasteiger partial charge in [0.05, 0.1) is 19.6 Å². The third kappa shape index (κ3) is 3.51. The molecule has 1 amide bonds. The van der Waals surface area contributed by atoms with Gasteiger partial charge >= 0.3 is 6.18 Å². The lowest BCUT2D eigenvalue weighted by molar-refractivity contribution is -0.236. The minimum atomic E-state index is -4.45. The smallest absolute Gasteiger partial charge is 0.365 e.